The number of benzene rings is 1. The molecule has 0 aliphatic heterocycles. The van der Waals surface area contributed by atoms with E-state index < -0.39 is 5.41 Å². The topological polar surface area (TPSA) is 60.0 Å². The molecule has 0 saturated carbocycles. The summed E-state index contributed by atoms with van der Waals surface area (Å²) in [4.78, 5) is 12.3. The maximum absolute atomic E-state index is 12.3. The molecule has 0 fully saturated rings. The predicted octanol–water partition coefficient (Wildman–Crippen LogP) is 2.16. The number of nitrogens with one attached hydrogen (secondary N) is 1. The van der Waals surface area contributed by atoms with Gasteiger partial charge in [-0.05, 0) is 43.7 Å². The van der Waals surface area contributed by atoms with Crippen molar-refractivity contribution in [2.45, 2.75) is 25.8 Å². The highest BCUT2D eigenvalue weighted by atomic mass is 16.2. The maximum Gasteiger partial charge on any atom is 0.230 e. The van der Waals surface area contributed by atoms with Crippen LogP contribution in [0.2, 0.25) is 0 Å². The van der Waals surface area contributed by atoms with Gasteiger partial charge in [-0.15, -0.1) is 0 Å². The summed E-state index contributed by atoms with van der Waals surface area (Å²) in [5, 5.41) is 2.98. The number of aromatic nitrogens is 1. The fourth-order valence-corrected chi connectivity index (χ4v) is 2.07. The molecule has 20 heavy (non-hydrogen) atoms. The maximum atomic E-state index is 12.3. The van der Waals surface area contributed by atoms with Crippen LogP contribution in [0, 0.1) is 0 Å². The Kier molecular flexibility index (Phi) is 4.13. The quantitative estimate of drug-likeness (QED) is 0.819. The van der Waals surface area contributed by atoms with Crippen LogP contribution in [0.25, 0.3) is 0 Å². The molecule has 1 aromatic carbocycles. The molecule has 0 unspecified atom stereocenters. The van der Waals surface area contributed by atoms with Crippen molar-refractivity contribution in [1.82, 2.24) is 9.88 Å². The number of nitrogens with two attached hydrogens (primary N) is 1. The lowest BCUT2D eigenvalue weighted by Gasteiger charge is -2.24. The van der Waals surface area contributed by atoms with Gasteiger partial charge >= 0.3 is 0 Å². The largest absolute Gasteiger partial charge is 0.399 e. The zero-order valence-corrected chi connectivity index (χ0v) is 12.0. The number of amides is 1. The average molecular weight is 271 g/mol. The van der Waals surface area contributed by atoms with Crippen LogP contribution in [0.4, 0.5) is 5.69 Å². The number of anilines is 1. The van der Waals surface area contributed by atoms with E-state index in [1.807, 2.05) is 67.2 Å². The summed E-state index contributed by atoms with van der Waals surface area (Å²) < 4.78 is 2.04. The lowest BCUT2D eigenvalue weighted by Crippen LogP contribution is -2.41. The van der Waals surface area contributed by atoms with Crippen molar-refractivity contribution >= 4 is 11.6 Å². The third kappa shape index (κ3) is 3.20. The number of carbonyl (C=O) groups is 1. The van der Waals surface area contributed by atoms with E-state index in [1.165, 1.54) is 0 Å². The molecule has 0 atom stereocenters. The Balaban J connectivity index is 1.94. The minimum Gasteiger partial charge on any atom is -0.399 e. The second-order valence-corrected chi connectivity index (χ2v) is 5.42. The molecule has 0 bridgehead atoms. The van der Waals surface area contributed by atoms with Crippen molar-refractivity contribution in [2.75, 3.05) is 12.3 Å². The van der Waals surface area contributed by atoms with E-state index in [4.69, 9.17) is 5.73 Å². The number of hydrogen-bond acceptors (Lipinski definition) is 2. The van der Waals surface area contributed by atoms with E-state index in [1.54, 1.807) is 0 Å². The Morgan fingerprint density at radius 1 is 1.20 bits per heavy atom. The van der Waals surface area contributed by atoms with Crippen LogP contribution >= 0.6 is 0 Å². The van der Waals surface area contributed by atoms with Gasteiger partial charge in [0.05, 0.1) is 5.41 Å². The normalized spacial score (nSPS) is 11.3. The minimum absolute atomic E-state index is 0.0226. The standard InChI is InChI=1S/C16H21N3O/c1-16(2,13-5-7-14(17)8-6-13)15(20)18-9-12-19-10-3-4-11-19/h3-8,10-11H,9,12,17H2,1-2H3,(H,18,20). The van der Waals surface area contributed by atoms with Gasteiger partial charge in [-0.3, -0.25) is 4.79 Å². The molecule has 106 valence electrons. The molecule has 1 amide bonds. The molecule has 1 aromatic heterocycles. The second kappa shape index (κ2) is 5.82. The summed E-state index contributed by atoms with van der Waals surface area (Å²) in [6, 6.07) is 11.4. The van der Waals surface area contributed by atoms with Crippen molar-refractivity contribution in [1.29, 1.82) is 0 Å². The summed E-state index contributed by atoms with van der Waals surface area (Å²) in [5.74, 6) is 0.0226. The summed E-state index contributed by atoms with van der Waals surface area (Å²) in [7, 11) is 0. The third-order valence-corrected chi connectivity index (χ3v) is 3.52. The van der Waals surface area contributed by atoms with Gasteiger partial charge in [-0.1, -0.05) is 12.1 Å². The van der Waals surface area contributed by atoms with Crippen molar-refractivity contribution in [2.24, 2.45) is 0 Å². The first-order chi connectivity index (χ1) is 9.50. The lowest BCUT2D eigenvalue weighted by atomic mass is 9.83. The van der Waals surface area contributed by atoms with Gasteiger partial charge in [0.15, 0.2) is 0 Å². The van der Waals surface area contributed by atoms with Crippen molar-refractivity contribution in [3.05, 3.63) is 54.4 Å². The van der Waals surface area contributed by atoms with Gasteiger partial charge in [-0.2, -0.15) is 0 Å². The molecule has 2 aromatic rings. The van der Waals surface area contributed by atoms with E-state index in [-0.39, 0.29) is 5.91 Å². The Morgan fingerprint density at radius 2 is 1.80 bits per heavy atom. The third-order valence-electron chi connectivity index (χ3n) is 3.52. The van der Waals surface area contributed by atoms with Gasteiger partial charge < -0.3 is 15.6 Å². The molecular weight excluding hydrogens is 250 g/mol. The minimum atomic E-state index is -0.565. The van der Waals surface area contributed by atoms with Crippen LogP contribution in [0.15, 0.2) is 48.8 Å². The monoisotopic (exact) mass is 271 g/mol. The molecular formula is C16H21N3O. The van der Waals surface area contributed by atoms with Crippen LogP contribution in [0.5, 0.6) is 0 Å². The summed E-state index contributed by atoms with van der Waals surface area (Å²) in [6.07, 6.45) is 3.97. The van der Waals surface area contributed by atoms with Gasteiger partial charge in [0, 0.05) is 31.2 Å². The molecule has 1 heterocycles. The number of nitrogen functional groups attached to an aromatic ring is 1. The first kappa shape index (κ1) is 14.2. The first-order valence-corrected chi connectivity index (χ1v) is 6.75. The van der Waals surface area contributed by atoms with Crippen LogP contribution in [0.3, 0.4) is 0 Å². The lowest BCUT2D eigenvalue weighted by molar-refractivity contribution is -0.125. The Morgan fingerprint density at radius 3 is 2.40 bits per heavy atom. The predicted molar refractivity (Wildman–Crippen MR) is 81.3 cm³/mol. The van der Waals surface area contributed by atoms with Crippen LogP contribution in [0.1, 0.15) is 19.4 Å². The Hall–Kier alpha value is -2.23. The molecule has 0 aliphatic carbocycles. The average Bonchev–Trinajstić information content (AvgIpc) is 2.92. The number of carbonyl (C=O) groups excluding carboxylic acids is 1. The van der Waals surface area contributed by atoms with Crippen molar-refractivity contribution in [3.8, 4) is 0 Å². The van der Waals surface area contributed by atoms with E-state index >= 15 is 0 Å². The zero-order chi connectivity index (χ0) is 14.6. The van der Waals surface area contributed by atoms with Gasteiger partial charge in [0.2, 0.25) is 5.91 Å². The fourth-order valence-electron chi connectivity index (χ4n) is 2.07. The summed E-state index contributed by atoms with van der Waals surface area (Å²) in [6.45, 7) is 5.23. The molecule has 3 N–H and O–H groups in total. The van der Waals surface area contributed by atoms with E-state index in [0.29, 0.717) is 12.2 Å². The highest BCUT2D eigenvalue weighted by molar-refractivity contribution is 5.87. The number of hydrogen-bond donors (Lipinski definition) is 2. The second-order valence-electron chi connectivity index (χ2n) is 5.42. The van der Waals surface area contributed by atoms with E-state index in [9.17, 15) is 4.79 Å². The molecule has 4 nitrogen and oxygen atoms in total. The number of nitrogens with zero attached hydrogens (tertiary/aromatic N) is 1. The molecule has 0 aliphatic rings. The zero-order valence-electron chi connectivity index (χ0n) is 12.0. The number of rotatable bonds is 5. The highest BCUT2D eigenvalue weighted by Gasteiger charge is 2.29. The van der Waals surface area contributed by atoms with Gasteiger partial charge in [0.1, 0.15) is 0 Å². The Bertz CT molecular complexity index is 556. The van der Waals surface area contributed by atoms with Crippen LogP contribution in [-0.4, -0.2) is 17.0 Å². The highest BCUT2D eigenvalue weighted by Crippen LogP contribution is 2.24. The van der Waals surface area contributed by atoms with Crippen molar-refractivity contribution in [3.63, 3.8) is 0 Å². The van der Waals surface area contributed by atoms with Gasteiger partial charge in [-0.25, -0.2) is 0 Å². The van der Waals surface area contributed by atoms with Crippen molar-refractivity contribution < 1.29 is 4.79 Å². The van der Waals surface area contributed by atoms with E-state index in [2.05, 4.69) is 5.32 Å². The van der Waals surface area contributed by atoms with E-state index in [0.717, 1.165) is 12.1 Å². The molecule has 0 saturated heterocycles. The summed E-state index contributed by atoms with van der Waals surface area (Å²) >= 11 is 0. The van der Waals surface area contributed by atoms with Gasteiger partial charge in [0.25, 0.3) is 0 Å². The molecule has 0 radical (unpaired) electrons. The first-order valence-electron chi connectivity index (χ1n) is 6.75. The Labute approximate surface area is 119 Å². The van der Waals surface area contributed by atoms with Crippen LogP contribution in [-0.2, 0) is 16.8 Å². The molecule has 0 spiro atoms. The SMILES string of the molecule is CC(C)(C(=O)NCCn1cccc1)c1ccc(N)cc1. The van der Waals surface area contributed by atoms with Crippen LogP contribution < -0.4 is 11.1 Å². The summed E-state index contributed by atoms with van der Waals surface area (Å²) in [5.41, 5.74) is 6.78. The smallest absolute Gasteiger partial charge is 0.230 e. The molecule has 4 heteroatoms. The molecule has 2 rings (SSSR count). The fraction of sp³-hybridized carbons (Fsp3) is 0.312.